The summed E-state index contributed by atoms with van der Waals surface area (Å²) in [7, 11) is 0. The third-order valence-electron chi connectivity index (χ3n) is 4.53. The van der Waals surface area contributed by atoms with E-state index >= 15 is 0 Å². The van der Waals surface area contributed by atoms with E-state index in [-0.39, 0.29) is 21.5 Å². The van der Waals surface area contributed by atoms with Gasteiger partial charge in [0.05, 0.1) is 16.7 Å². The second kappa shape index (κ2) is 6.63. The molecule has 4 rings (SSSR count). The van der Waals surface area contributed by atoms with Crippen LogP contribution in [0.15, 0.2) is 70.0 Å². The van der Waals surface area contributed by atoms with Crippen molar-refractivity contribution in [2.45, 2.75) is 13.5 Å². The van der Waals surface area contributed by atoms with Gasteiger partial charge < -0.3 is 0 Å². The zero-order valence-electron chi connectivity index (χ0n) is 14.5. The third-order valence-corrected chi connectivity index (χ3v) is 5.12. The number of ketones is 2. The van der Waals surface area contributed by atoms with Crippen molar-refractivity contribution in [1.82, 2.24) is 9.36 Å². The normalized spacial score (nSPS) is 13.5. The number of benzene rings is 2. The molecule has 0 unspecified atom stereocenters. The number of rotatable bonds is 3. The second-order valence-electron chi connectivity index (χ2n) is 6.41. The van der Waals surface area contributed by atoms with E-state index in [1.165, 1.54) is 10.8 Å². The van der Waals surface area contributed by atoms with E-state index in [1.54, 1.807) is 16.8 Å². The zero-order valence-corrected chi connectivity index (χ0v) is 16.1. The van der Waals surface area contributed by atoms with Crippen molar-refractivity contribution in [2.24, 2.45) is 0 Å². The second-order valence-corrected chi connectivity index (χ2v) is 7.26. The van der Waals surface area contributed by atoms with Crippen molar-refractivity contribution in [2.75, 3.05) is 0 Å². The topological polar surface area (TPSA) is 61.1 Å². The van der Waals surface area contributed by atoms with Gasteiger partial charge >= 0.3 is 0 Å². The fraction of sp³-hybridized carbons (Fsp3) is 0.0952. The van der Waals surface area contributed by atoms with Crippen LogP contribution in [0.2, 0.25) is 0 Å². The number of halogens is 1. The summed E-state index contributed by atoms with van der Waals surface area (Å²) in [5, 5.41) is 0. The van der Waals surface area contributed by atoms with Crippen LogP contribution >= 0.6 is 15.9 Å². The molecule has 1 aliphatic rings. The van der Waals surface area contributed by atoms with Crippen molar-refractivity contribution in [3.05, 3.63) is 97.9 Å². The summed E-state index contributed by atoms with van der Waals surface area (Å²) in [5.41, 5.74) is 2.12. The molecule has 0 N–H and O–H groups in total. The van der Waals surface area contributed by atoms with Crippen molar-refractivity contribution < 1.29 is 9.59 Å². The SMILES string of the molecule is Cc1ccc(-n2c(=O)c3c(n2Cc2ccccc2)C(=O)C(Br)=CC3=O)cc1. The highest BCUT2D eigenvalue weighted by Crippen LogP contribution is 2.25. The average molecular weight is 423 g/mol. The summed E-state index contributed by atoms with van der Waals surface area (Å²) >= 11 is 3.15. The van der Waals surface area contributed by atoms with E-state index in [0.717, 1.165) is 11.1 Å². The van der Waals surface area contributed by atoms with Gasteiger partial charge in [0.15, 0.2) is 5.78 Å². The van der Waals surface area contributed by atoms with Crippen molar-refractivity contribution in [3.63, 3.8) is 0 Å². The Bertz CT molecular complexity index is 1150. The lowest BCUT2D eigenvalue weighted by Gasteiger charge is -2.16. The molecular weight excluding hydrogens is 408 g/mol. The lowest BCUT2D eigenvalue weighted by atomic mass is 10.0. The third kappa shape index (κ3) is 2.92. The molecule has 0 amide bonds. The minimum Gasteiger partial charge on any atom is -0.289 e. The Labute approximate surface area is 163 Å². The Hall–Kier alpha value is -2.99. The number of carbonyl (C=O) groups excluding carboxylic acids is 2. The zero-order chi connectivity index (χ0) is 19.1. The first-order chi connectivity index (χ1) is 13.0. The molecule has 1 aromatic heterocycles. The van der Waals surface area contributed by atoms with Crippen LogP contribution in [0.25, 0.3) is 5.69 Å². The van der Waals surface area contributed by atoms with E-state index in [9.17, 15) is 14.4 Å². The first-order valence-corrected chi connectivity index (χ1v) is 9.19. The van der Waals surface area contributed by atoms with Gasteiger partial charge in [-0.3, -0.25) is 19.1 Å². The minimum absolute atomic E-state index is 0.0836. The van der Waals surface area contributed by atoms with Gasteiger partial charge in [0.25, 0.3) is 5.56 Å². The smallest absolute Gasteiger partial charge is 0.283 e. The summed E-state index contributed by atoms with van der Waals surface area (Å²) in [6, 6.07) is 16.9. The highest BCUT2D eigenvalue weighted by Gasteiger charge is 2.34. The standard InChI is InChI=1S/C21H15BrN2O3/c1-13-7-9-15(10-8-13)24-21(27)18-17(25)11-16(22)20(26)19(18)23(24)12-14-5-3-2-4-6-14/h2-11H,12H2,1H3. The van der Waals surface area contributed by atoms with Gasteiger partial charge in [-0.1, -0.05) is 48.0 Å². The number of nitrogens with zero attached hydrogens (tertiary/aromatic N) is 2. The summed E-state index contributed by atoms with van der Waals surface area (Å²) in [6.07, 6.45) is 1.17. The Morgan fingerprint density at radius 2 is 1.59 bits per heavy atom. The number of fused-ring (bicyclic) bond motifs is 1. The number of allylic oxidation sites excluding steroid dienone is 2. The molecule has 0 saturated heterocycles. The van der Waals surface area contributed by atoms with Crippen molar-refractivity contribution >= 4 is 27.5 Å². The van der Waals surface area contributed by atoms with E-state index in [4.69, 9.17) is 0 Å². The van der Waals surface area contributed by atoms with E-state index in [1.807, 2.05) is 49.4 Å². The lowest BCUT2D eigenvalue weighted by molar-refractivity contribution is 0.0985. The highest BCUT2D eigenvalue weighted by atomic mass is 79.9. The summed E-state index contributed by atoms with van der Waals surface area (Å²) in [6.45, 7) is 2.24. The van der Waals surface area contributed by atoms with Gasteiger partial charge in [-0.25, -0.2) is 4.68 Å². The highest BCUT2D eigenvalue weighted by molar-refractivity contribution is 9.12. The molecule has 5 nitrogen and oxygen atoms in total. The van der Waals surface area contributed by atoms with E-state index in [0.29, 0.717) is 12.2 Å². The quantitative estimate of drug-likeness (QED) is 0.646. The maximum absolute atomic E-state index is 13.1. The molecular formula is C21H15BrN2O3. The number of hydrogen-bond donors (Lipinski definition) is 0. The predicted octanol–water partition coefficient (Wildman–Crippen LogP) is 3.65. The van der Waals surface area contributed by atoms with Gasteiger partial charge in [0, 0.05) is 6.08 Å². The molecule has 1 heterocycles. The molecule has 0 spiro atoms. The molecule has 6 heteroatoms. The first-order valence-electron chi connectivity index (χ1n) is 8.40. The summed E-state index contributed by atoms with van der Waals surface area (Å²) < 4.78 is 3.15. The Kier molecular flexibility index (Phi) is 4.28. The Morgan fingerprint density at radius 3 is 2.26 bits per heavy atom. The Balaban J connectivity index is 2.01. The molecule has 1 aliphatic carbocycles. The number of carbonyl (C=O) groups is 2. The number of aromatic nitrogens is 2. The van der Waals surface area contributed by atoms with Crippen LogP contribution in [-0.2, 0) is 6.54 Å². The molecule has 0 radical (unpaired) electrons. The molecule has 27 heavy (non-hydrogen) atoms. The maximum Gasteiger partial charge on any atom is 0.283 e. The first kappa shape index (κ1) is 17.4. The fourth-order valence-corrected chi connectivity index (χ4v) is 3.61. The van der Waals surface area contributed by atoms with Crippen LogP contribution in [-0.4, -0.2) is 20.9 Å². The van der Waals surface area contributed by atoms with Crippen LogP contribution < -0.4 is 5.56 Å². The Morgan fingerprint density at radius 1 is 0.926 bits per heavy atom. The molecule has 0 atom stereocenters. The van der Waals surface area contributed by atoms with Crippen LogP contribution in [0.5, 0.6) is 0 Å². The van der Waals surface area contributed by atoms with E-state index < -0.39 is 11.3 Å². The molecule has 0 bridgehead atoms. The monoisotopic (exact) mass is 422 g/mol. The lowest BCUT2D eigenvalue weighted by Crippen LogP contribution is -2.23. The van der Waals surface area contributed by atoms with Gasteiger partial charge in [0.1, 0.15) is 11.3 Å². The molecule has 0 aliphatic heterocycles. The minimum atomic E-state index is -0.487. The average Bonchev–Trinajstić information content (AvgIpc) is 2.94. The van der Waals surface area contributed by atoms with Gasteiger partial charge in [-0.15, -0.1) is 0 Å². The van der Waals surface area contributed by atoms with Gasteiger partial charge in [-0.05, 0) is 40.5 Å². The largest absolute Gasteiger partial charge is 0.289 e. The molecule has 0 fully saturated rings. The van der Waals surface area contributed by atoms with Crippen LogP contribution in [0.4, 0.5) is 0 Å². The maximum atomic E-state index is 13.1. The number of aryl methyl sites for hydroxylation is 1. The van der Waals surface area contributed by atoms with Gasteiger partial charge in [0.2, 0.25) is 5.78 Å². The molecule has 2 aromatic carbocycles. The molecule has 3 aromatic rings. The summed E-state index contributed by atoms with van der Waals surface area (Å²) in [5.74, 6) is -0.836. The van der Waals surface area contributed by atoms with Crippen molar-refractivity contribution in [1.29, 1.82) is 0 Å². The molecule has 134 valence electrons. The number of Topliss-reactive ketones (excluding diaryl/α,β-unsaturated/α-hetero) is 1. The molecule has 0 saturated carbocycles. The van der Waals surface area contributed by atoms with Crippen LogP contribution in [0.1, 0.15) is 32.0 Å². The van der Waals surface area contributed by atoms with Crippen molar-refractivity contribution in [3.8, 4) is 5.69 Å². The fourth-order valence-electron chi connectivity index (χ4n) is 3.21. The van der Waals surface area contributed by atoms with Crippen LogP contribution in [0.3, 0.4) is 0 Å². The van der Waals surface area contributed by atoms with Gasteiger partial charge in [-0.2, -0.15) is 0 Å². The van der Waals surface area contributed by atoms with E-state index in [2.05, 4.69) is 15.9 Å². The van der Waals surface area contributed by atoms with Crippen LogP contribution in [0, 0.1) is 6.92 Å². The summed E-state index contributed by atoms with van der Waals surface area (Å²) in [4.78, 5) is 38.4. The number of hydrogen-bond acceptors (Lipinski definition) is 3. The predicted molar refractivity (Wildman–Crippen MR) is 106 cm³/mol.